The fourth-order valence-corrected chi connectivity index (χ4v) is 1.78. The minimum atomic E-state index is -0.251. The molecule has 20 heavy (non-hydrogen) atoms. The van der Waals surface area contributed by atoms with Crippen molar-refractivity contribution in [1.82, 2.24) is 5.32 Å². The van der Waals surface area contributed by atoms with Crippen LogP contribution < -0.4 is 15.4 Å². The number of hydrogen-bond acceptors (Lipinski definition) is 2. The van der Waals surface area contributed by atoms with E-state index in [0.29, 0.717) is 12.4 Å². The summed E-state index contributed by atoms with van der Waals surface area (Å²) in [5, 5.41) is 5.36. The maximum atomic E-state index is 11.4. The molecule has 112 valence electrons. The number of halogens is 1. The van der Waals surface area contributed by atoms with Crippen LogP contribution in [0.3, 0.4) is 0 Å². The summed E-state index contributed by atoms with van der Waals surface area (Å²) in [6.07, 6.45) is 4.77. The fourth-order valence-electron chi connectivity index (χ4n) is 1.69. The highest BCUT2D eigenvalue weighted by Crippen LogP contribution is 2.16. The standard InChI is InChI=1S/C15H23ClN2O2/c1-2-3-4-5-12-20-14-8-6-13(7-9-14)18-15(19)17-11-10-16/h6-9H,2-5,10-12H2,1H3,(H2,17,18,19). The highest BCUT2D eigenvalue weighted by molar-refractivity contribution is 6.18. The van der Waals surface area contributed by atoms with Crippen LogP contribution in [0.25, 0.3) is 0 Å². The van der Waals surface area contributed by atoms with E-state index < -0.39 is 0 Å². The number of carbonyl (C=O) groups is 1. The monoisotopic (exact) mass is 298 g/mol. The number of unbranched alkanes of at least 4 members (excludes halogenated alkanes) is 3. The van der Waals surface area contributed by atoms with Crippen LogP contribution in [0, 0.1) is 0 Å². The van der Waals surface area contributed by atoms with E-state index in [1.165, 1.54) is 19.3 Å². The van der Waals surface area contributed by atoms with Crippen molar-refractivity contribution in [2.45, 2.75) is 32.6 Å². The Morgan fingerprint density at radius 2 is 1.95 bits per heavy atom. The lowest BCUT2D eigenvalue weighted by atomic mass is 10.2. The number of nitrogens with one attached hydrogen (secondary N) is 2. The Morgan fingerprint density at radius 1 is 1.20 bits per heavy atom. The molecule has 0 radical (unpaired) electrons. The number of benzene rings is 1. The van der Waals surface area contributed by atoms with E-state index in [9.17, 15) is 4.79 Å². The summed E-state index contributed by atoms with van der Waals surface area (Å²) >= 11 is 5.49. The summed E-state index contributed by atoms with van der Waals surface area (Å²) < 4.78 is 5.63. The molecule has 0 aliphatic rings. The molecular formula is C15H23ClN2O2. The number of amides is 2. The molecule has 0 saturated heterocycles. The van der Waals surface area contributed by atoms with E-state index in [2.05, 4.69) is 17.6 Å². The number of ether oxygens (including phenoxy) is 1. The third-order valence-electron chi connectivity index (χ3n) is 2.76. The van der Waals surface area contributed by atoms with Crippen molar-refractivity contribution >= 4 is 23.3 Å². The predicted octanol–water partition coefficient (Wildman–Crippen LogP) is 4.01. The maximum Gasteiger partial charge on any atom is 0.319 e. The first-order valence-corrected chi connectivity index (χ1v) is 7.63. The Kier molecular flexibility index (Phi) is 8.63. The van der Waals surface area contributed by atoms with Crippen LogP contribution in [0.5, 0.6) is 5.75 Å². The van der Waals surface area contributed by atoms with E-state index >= 15 is 0 Å². The Balaban J connectivity index is 2.27. The molecule has 2 N–H and O–H groups in total. The van der Waals surface area contributed by atoms with E-state index in [0.717, 1.165) is 24.5 Å². The summed E-state index contributed by atoms with van der Waals surface area (Å²) in [6.45, 7) is 3.38. The number of alkyl halides is 1. The molecular weight excluding hydrogens is 276 g/mol. The Labute approximate surface area is 125 Å². The van der Waals surface area contributed by atoms with Crippen molar-refractivity contribution in [3.63, 3.8) is 0 Å². The zero-order valence-electron chi connectivity index (χ0n) is 12.0. The smallest absolute Gasteiger partial charge is 0.319 e. The lowest BCUT2D eigenvalue weighted by Gasteiger charge is -2.08. The maximum absolute atomic E-state index is 11.4. The molecule has 0 aliphatic carbocycles. The van der Waals surface area contributed by atoms with E-state index in [1.807, 2.05) is 24.3 Å². The molecule has 0 unspecified atom stereocenters. The van der Waals surface area contributed by atoms with Gasteiger partial charge in [0.15, 0.2) is 0 Å². The summed E-state index contributed by atoms with van der Waals surface area (Å²) in [5.74, 6) is 1.23. The van der Waals surface area contributed by atoms with Gasteiger partial charge in [-0.3, -0.25) is 0 Å². The molecule has 0 heterocycles. The topological polar surface area (TPSA) is 50.4 Å². The van der Waals surface area contributed by atoms with Gasteiger partial charge in [0.05, 0.1) is 6.61 Å². The zero-order valence-corrected chi connectivity index (χ0v) is 12.7. The minimum absolute atomic E-state index is 0.251. The molecule has 1 aromatic rings. The highest BCUT2D eigenvalue weighted by Gasteiger charge is 2.01. The van der Waals surface area contributed by atoms with Crippen LogP contribution in [0.15, 0.2) is 24.3 Å². The van der Waals surface area contributed by atoms with Gasteiger partial charge in [-0.25, -0.2) is 4.79 Å². The van der Waals surface area contributed by atoms with Crippen molar-refractivity contribution in [3.8, 4) is 5.75 Å². The van der Waals surface area contributed by atoms with Gasteiger partial charge in [0, 0.05) is 18.1 Å². The number of hydrogen-bond donors (Lipinski definition) is 2. The first-order chi connectivity index (χ1) is 9.76. The minimum Gasteiger partial charge on any atom is -0.494 e. The van der Waals surface area contributed by atoms with E-state index in [-0.39, 0.29) is 6.03 Å². The Hall–Kier alpha value is -1.42. The van der Waals surface area contributed by atoms with E-state index in [4.69, 9.17) is 16.3 Å². The molecule has 0 spiro atoms. The first kappa shape index (κ1) is 16.6. The van der Waals surface area contributed by atoms with Crippen molar-refractivity contribution in [3.05, 3.63) is 24.3 Å². The van der Waals surface area contributed by atoms with Crippen LogP contribution in [0.2, 0.25) is 0 Å². The van der Waals surface area contributed by atoms with Gasteiger partial charge in [-0.05, 0) is 30.7 Å². The number of rotatable bonds is 9. The highest BCUT2D eigenvalue weighted by atomic mass is 35.5. The second kappa shape index (κ2) is 10.4. The number of anilines is 1. The third-order valence-corrected chi connectivity index (χ3v) is 2.95. The summed E-state index contributed by atoms with van der Waals surface area (Å²) in [7, 11) is 0. The Morgan fingerprint density at radius 3 is 2.60 bits per heavy atom. The summed E-state index contributed by atoms with van der Waals surface area (Å²) in [6, 6.07) is 7.11. The van der Waals surface area contributed by atoms with Gasteiger partial charge in [-0.2, -0.15) is 0 Å². The zero-order chi connectivity index (χ0) is 14.6. The fraction of sp³-hybridized carbons (Fsp3) is 0.533. The largest absolute Gasteiger partial charge is 0.494 e. The second-order valence-corrected chi connectivity index (χ2v) is 4.88. The molecule has 1 aromatic carbocycles. The summed E-state index contributed by atoms with van der Waals surface area (Å²) in [4.78, 5) is 11.4. The van der Waals surface area contributed by atoms with Crippen LogP contribution in [0.1, 0.15) is 32.6 Å². The van der Waals surface area contributed by atoms with Crippen molar-refractivity contribution in [1.29, 1.82) is 0 Å². The normalized spacial score (nSPS) is 10.1. The van der Waals surface area contributed by atoms with Gasteiger partial charge < -0.3 is 15.4 Å². The molecule has 0 aromatic heterocycles. The molecule has 0 saturated carbocycles. The molecule has 0 aliphatic heterocycles. The lowest BCUT2D eigenvalue weighted by molar-refractivity contribution is 0.252. The van der Waals surface area contributed by atoms with Crippen molar-refractivity contribution in [2.24, 2.45) is 0 Å². The SMILES string of the molecule is CCCCCCOc1ccc(NC(=O)NCCCl)cc1. The Bertz CT molecular complexity index is 382. The van der Waals surface area contributed by atoms with Crippen molar-refractivity contribution < 1.29 is 9.53 Å². The second-order valence-electron chi connectivity index (χ2n) is 4.50. The van der Waals surface area contributed by atoms with Gasteiger partial charge in [-0.15, -0.1) is 11.6 Å². The molecule has 0 fully saturated rings. The predicted molar refractivity (Wildman–Crippen MR) is 83.8 cm³/mol. The molecule has 5 heteroatoms. The van der Waals surface area contributed by atoms with Gasteiger partial charge in [0.25, 0.3) is 0 Å². The van der Waals surface area contributed by atoms with Gasteiger partial charge >= 0.3 is 6.03 Å². The van der Waals surface area contributed by atoms with Crippen LogP contribution in [-0.4, -0.2) is 25.1 Å². The molecule has 2 amide bonds. The number of urea groups is 1. The first-order valence-electron chi connectivity index (χ1n) is 7.10. The molecule has 1 rings (SSSR count). The van der Waals surface area contributed by atoms with Gasteiger partial charge in [0.2, 0.25) is 0 Å². The molecule has 4 nitrogen and oxygen atoms in total. The van der Waals surface area contributed by atoms with Crippen molar-refractivity contribution in [2.75, 3.05) is 24.3 Å². The summed E-state index contributed by atoms with van der Waals surface area (Å²) in [5.41, 5.74) is 0.732. The average molecular weight is 299 g/mol. The average Bonchev–Trinajstić information content (AvgIpc) is 2.46. The van der Waals surface area contributed by atoms with Crippen LogP contribution >= 0.6 is 11.6 Å². The lowest BCUT2D eigenvalue weighted by Crippen LogP contribution is -2.30. The van der Waals surface area contributed by atoms with E-state index in [1.54, 1.807) is 0 Å². The van der Waals surface area contributed by atoms with Crippen LogP contribution in [0.4, 0.5) is 10.5 Å². The van der Waals surface area contributed by atoms with Gasteiger partial charge in [0.1, 0.15) is 5.75 Å². The number of carbonyl (C=O) groups excluding carboxylic acids is 1. The molecule has 0 bridgehead atoms. The van der Waals surface area contributed by atoms with Gasteiger partial charge in [-0.1, -0.05) is 26.2 Å². The molecule has 0 atom stereocenters. The van der Waals surface area contributed by atoms with Crippen LogP contribution in [-0.2, 0) is 0 Å². The quantitative estimate of drug-likeness (QED) is 0.534. The third kappa shape index (κ3) is 7.24.